The Morgan fingerprint density at radius 2 is 1.81 bits per heavy atom. The average Bonchev–Trinajstić information content (AvgIpc) is 2.85. The van der Waals surface area contributed by atoms with Crippen LogP contribution in [0.15, 0.2) is 12.2 Å². The molecule has 0 bridgehead atoms. The number of carboxylic acid groups (broad SMARTS) is 1. The number of aliphatic hydroxyl groups excluding tert-OH is 3. The van der Waals surface area contributed by atoms with Gasteiger partial charge in [0.05, 0.1) is 12.2 Å². The molecule has 4 N–H and O–H groups in total. The van der Waals surface area contributed by atoms with Crippen molar-refractivity contribution in [2.24, 2.45) is 11.8 Å². The van der Waals surface area contributed by atoms with Crippen LogP contribution in [0.4, 0.5) is 0 Å². The predicted octanol–water partition coefficient (Wildman–Crippen LogP) is 2.45. The number of hydrogen-bond donors (Lipinski definition) is 4. The monoisotopic (exact) mass is 370 g/mol. The molecule has 0 spiro atoms. The van der Waals surface area contributed by atoms with Gasteiger partial charge in [-0.3, -0.25) is 9.59 Å². The molecule has 1 aliphatic rings. The molecule has 0 aliphatic heterocycles. The van der Waals surface area contributed by atoms with Gasteiger partial charge in [0.1, 0.15) is 5.78 Å². The van der Waals surface area contributed by atoms with E-state index in [1.165, 1.54) is 0 Å². The Labute approximate surface area is 155 Å². The Morgan fingerprint density at radius 1 is 1.12 bits per heavy atom. The molecule has 1 aliphatic carbocycles. The zero-order valence-corrected chi connectivity index (χ0v) is 15.6. The highest BCUT2D eigenvalue weighted by atomic mass is 16.4. The number of ketones is 1. The second-order valence-corrected chi connectivity index (χ2v) is 7.29. The highest BCUT2D eigenvalue weighted by Crippen LogP contribution is 2.34. The molecule has 0 heterocycles. The van der Waals surface area contributed by atoms with Crippen LogP contribution in [0, 0.1) is 11.8 Å². The normalized spacial score (nSPS) is 24.4. The second-order valence-electron chi connectivity index (χ2n) is 7.29. The molecule has 4 unspecified atom stereocenters. The van der Waals surface area contributed by atoms with Gasteiger partial charge < -0.3 is 20.4 Å². The smallest absolute Gasteiger partial charge is 0.303 e. The van der Waals surface area contributed by atoms with Crippen molar-refractivity contribution in [1.29, 1.82) is 0 Å². The van der Waals surface area contributed by atoms with E-state index in [2.05, 4.69) is 0 Å². The van der Waals surface area contributed by atoms with Crippen molar-refractivity contribution < 1.29 is 30.0 Å². The topological polar surface area (TPSA) is 115 Å². The van der Waals surface area contributed by atoms with Crippen molar-refractivity contribution in [3.8, 4) is 0 Å². The summed E-state index contributed by atoms with van der Waals surface area (Å²) >= 11 is 0. The van der Waals surface area contributed by atoms with Gasteiger partial charge in [-0.25, -0.2) is 0 Å². The summed E-state index contributed by atoms with van der Waals surface area (Å²) in [6, 6.07) is 0. The molecule has 1 rings (SSSR count). The first-order chi connectivity index (χ1) is 12.5. The van der Waals surface area contributed by atoms with E-state index in [1.54, 1.807) is 12.2 Å². The minimum Gasteiger partial charge on any atom is -0.481 e. The molecular formula is C20H34O6. The molecule has 0 amide bonds. The van der Waals surface area contributed by atoms with Crippen LogP contribution in [0.5, 0.6) is 0 Å². The van der Waals surface area contributed by atoms with Gasteiger partial charge in [0, 0.05) is 31.3 Å². The minimum absolute atomic E-state index is 0.0788. The van der Waals surface area contributed by atoms with E-state index in [0.29, 0.717) is 19.3 Å². The molecule has 150 valence electrons. The number of rotatable bonds is 14. The SMILES string of the molecule is O=C(O)CCCCCCC1C(=O)CC(O)C1C=CC(O)CCCCCO. The van der Waals surface area contributed by atoms with Gasteiger partial charge >= 0.3 is 5.97 Å². The lowest BCUT2D eigenvalue weighted by Gasteiger charge is -2.18. The van der Waals surface area contributed by atoms with E-state index in [0.717, 1.165) is 38.5 Å². The number of unbranched alkanes of at least 4 members (excludes halogenated alkanes) is 5. The quantitative estimate of drug-likeness (QED) is 0.276. The Morgan fingerprint density at radius 3 is 2.50 bits per heavy atom. The summed E-state index contributed by atoms with van der Waals surface area (Å²) in [5, 5.41) is 37.5. The van der Waals surface area contributed by atoms with E-state index in [9.17, 15) is 19.8 Å². The lowest BCUT2D eigenvalue weighted by atomic mass is 9.88. The first-order valence-corrected chi connectivity index (χ1v) is 9.85. The van der Waals surface area contributed by atoms with Crippen LogP contribution in [-0.4, -0.2) is 51.0 Å². The summed E-state index contributed by atoms with van der Waals surface area (Å²) in [6.07, 6.45) is 9.53. The van der Waals surface area contributed by atoms with Crippen LogP contribution in [0.25, 0.3) is 0 Å². The minimum atomic E-state index is -0.779. The molecule has 0 aromatic rings. The first-order valence-electron chi connectivity index (χ1n) is 9.85. The van der Waals surface area contributed by atoms with E-state index in [1.807, 2.05) is 0 Å². The Kier molecular flexibility index (Phi) is 11.4. The van der Waals surface area contributed by atoms with Crippen molar-refractivity contribution in [2.75, 3.05) is 6.61 Å². The molecule has 0 saturated heterocycles. The third-order valence-corrected chi connectivity index (χ3v) is 5.10. The first kappa shape index (κ1) is 22.8. The largest absolute Gasteiger partial charge is 0.481 e. The Balaban J connectivity index is 2.37. The van der Waals surface area contributed by atoms with Gasteiger partial charge in [0.25, 0.3) is 0 Å². The molecule has 0 aromatic carbocycles. The van der Waals surface area contributed by atoms with Gasteiger partial charge in [-0.1, -0.05) is 44.3 Å². The lowest BCUT2D eigenvalue weighted by molar-refractivity contribution is -0.137. The van der Waals surface area contributed by atoms with Gasteiger partial charge in [0.2, 0.25) is 0 Å². The third-order valence-electron chi connectivity index (χ3n) is 5.10. The fourth-order valence-corrected chi connectivity index (χ4v) is 3.58. The molecular weight excluding hydrogens is 336 g/mol. The molecule has 6 nitrogen and oxygen atoms in total. The van der Waals surface area contributed by atoms with Gasteiger partial charge in [-0.15, -0.1) is 0 Å². The van der Waals surface area contributed by atoms with Crippen LogP contribution < -0.4 is 0 Å². The zero-order valence-electron chi connectivity index (χ0n) is 15.6. The number of aliphatic hydroxyl groups is 3. The van der Waals surface area contributed by atoms with Crippen molar-refractivity contribution in [1.82, 2.24) is 0 Å². The Bertz CT molecular complexity index is 448. The molecule has 1 saturated carbocycles. The lowest BCUT2D eigenvalue weighted by Crippen LogP contribution is -2.19. The summed E-state index contributed by atoms with van der Waals surface area (Å²) in [5.41, 5.74) is 0. The van der Waals surface area contributed by atoms with Crippen LogP contribution in [0.2, 0.25) is 0 Å². The van der Waals surface area contributed by atoms with E-state index in [4.69, 9.17) is 10.2 Å². The maximum absolute atomic E-state index is 12.1. The molecule has 0 aromatic heterocycles. The molecule has 26 heavy (non-hydrogen) atoms. The number of aliphatic carboxylic acids is 1. The number of Topliss-reactive ketones (excluding diaryl/α,β-unsaturated/α-hetero) is 1. The summed E-state index contributed by atoms with van der Waals surface area (Å²) < 4.78 is 0. The summed E-state index contributed by atoms with van der Waals surface area (Å²) in [5.74, 6) is -1.15. The highest BCUT2D eigenvalue weighted by molar-refractivity contribution is 5.84. The van der Waals surface area contributed by atoms with Crippen molar-refractivity contribution >= 4 is 11.8 Å². The summed E-state index contributed by atoms with van der Waals surface area (Å²) in [7, 11) is 0. The van der Waals surface area contributed by atoms with Gasteiger partial charge in [-0.2, -0.15) is 0 Å². The Hall–Kier alpha value is -1.24. The standard InChI is InChI=1S/C20H34O6/c21-13-7-3-4-8-15(22)11-12-17-16(18(23)14-19(17)24)9-5-1-2-6-10-20(25)26/h11-12,15-17,19,21-22,24H,1-10,13-14H2,(H,25,26). The molecule has 4 atom stereocenters. The predicted molar refractivity (Wildman–Crippen MR) is 98.6 cm³/mol. The molecule has 6 heteroatoms. The van der Waals surface area contributed by atoms with Gasteiger partial charge in [-0.05, 0) is 25.7 Å². The highest BCUT2D eigenvalue weighted by Gasteiger charge is 2.39. The van der Waals surface area contributed by atoms with Crippen molar-refractivity contribution in [3.05, 3.63) is 12.2 Å². The third kappa shape index (κ3) is 8.92. The van der Waals surface area contributed by atoms with Crippen LogP contribution in [-0.2, 0) is 9.59 Å². The number of carbonyl (C=O) groups is 2. The van der Waals surface area contributed by atoms with Crippen molar-refractivity contribution in [3.63, 3.8) is 0 Å². The number of carboxylic acids is 1. The summed E-state index contributed by atoms with van der Waals surface area (Å²) in [6.45, 7) is 0.167. The molecule has 0 radical (unpaired) electrons. The maximum Gasteiger partial charge on any atom is 0.303 e. The second kappa shape index (κ2) is 13.0. The number of carbonyl (C=O) groups excluding carboxylic acids is 1. The fourth-order valence-electron chi connectivity index (χ4n) is 3.58. The fraction of sp³-hybridized carbons (Fsp3) is 0.800. The summed E-state index contributed by atoms with van der Waals surface area (Å²) in [4.78, 5) is 22.6. The van der Waals surface area contributed by atoms with Crippen LogP contribution in [0.3, 0.4) is 0 Å². The average molecular weight is 370 g/mol. The number of hydrogen-bond acceptors (Lipinski definition) is 5. The van der Waals surface area contributed by atoms with Crippen LogP contribution in [0.1, 0.15) is 70.6 Å². The van der Waals surface area contributed by atoms with Gasteiger partial charge in [0.15, 0.2) is 0 Å². The van der Waals surface area contributed by atoms with Crippen molar-refractivity contribution in [2.45, 2.75) is 82.8 Å². The van der Waals surface area contributed by atoms with E-state index < -0.39 is 18.2 Å². The van der Waals surface area contributed by atoms with E-state index >= 15 is 0 Å². The molecule has 1 fully saturated rings. The van der Waals surface area contributed by atoms with E-state index in [-0.39, 0.29) is 37.1 Å². The maximum atomic E-state index is 12.1. The zero-order chi connectivity index (χ0) is 19.4. The van der Waals surface area contributed by atoms with Crippen LogP contribution >= 0.6 is 0 Å².